The highest BCUT2D eigenvalue weighted by Crippen LogP contribution is 2.33. The summed E-state index contributed by atoms with van der Waals surface area (Å²) in [5, 5.41) is 26.2. The summed E-state index contributed by atoms with van der Waals surface area (Å²) < 4.78 is 0. The standard InChI is InChI=1S/C23H25ClN4O4S2/c24-16-5-2-1-4-13(16)10-14-7-8-15(34-14)11-26-21(31)19(29)20(30)22(32)28-9-3-6-18(28)17-12-33-23(25)27-17/h1-2,4-5,7-8,12,18-20,29-30H,3,6,9-11H2,(H2,25,27)(H,26,31)/t18-,19-,20?/m1/s1. The van der Waals surface area contributed by atoms with E-state index in [9.17, 15) is 19.8 Å². The van der Waals surface area contributed by atoms with Crippen molar-refractivity contribution in [3.8, 4) is 0 Å². The molecule has 180 valence electrons. The molecule has 1 fully saturated rings. The molecule has 34 heavy (non-hydrogen) atoms. The van der Waals surface area contributed by atoms with E-state index < -0.39 is 24.0 Å². The lowest BCUT2D eigenvalue weighted by molar-refractivity contribution is -0.153. The first-order valence-electron chi connectivity index (χ1n) is 10.8. The molecule has 1 saturated heterocycles. The van der Waals surface area contributed by atoms with Crippen molar-refractivity contribution in [1.29, 1.82) is 0 Å². The molecule has 0 bridgehead atoms. The number of aromatic nitrogens is 1. The number of anilines is 1. The molecule has 2 amide bonds. The van der Waals surface area contributed by atoms with Gasteiger partial charge in [-0.15, -0.1) is 22.7 Å². The number of hydrogen-bond acceptors (Lipinski definition) is 8. The third-order valence-corrected chi connectivity index (χ3v) is 7.86. The van der Waals surface area contributed by atoms with Crippen LogP contribution < -0.4 is 11.1 Å². The number of likely N-dealkylation sites (tertiary alicyclic amines) is 1. The second-order valence-electron chi connectivity index (χ2n) is 8.04. The van der Waals surface area contributed by atoms with Crippen LogP contribution in [0.5, 0.6) is 0 Å². The van der Waals surface area contributed by atoms with Crippen molar-refractivity contribution in [2.75, 3.05) is 12.3 Å². The minimum absolute atomic E-state index is 0.175. The lowest BCUT2D eigenvalue weighted by Crippen LogP contribution is -2.50. The monoisotopic (exact) mass is 520 g/mol. The molecule has 8 nitrogen and oxygen atoms in total. The van der Waals surface area contributed by atoms with Crippen molar-refractivity contribution in [2.24, 2.45) is 0 Å². The molecule has 5 N–H and O–H groups in total. The van der Waals surface area contributed by atoms with Gasteiger partial charge in [-0.05, 0) is 36.6 Å². The highest BCUT2D eigenvalue weighted by molar-refractivity contribution is 7.13. The Bertz CT molecular complexity index is 1170. The average Bonchev–Trinajstić information content (AvgIpc) is 3.58. The molecule has 3 aromatic rings. The van der Waals surface area contributed by atoms with Gasteiger partial charge in [0.05, 0.1) is 18.3 Å². The first-order chi connectivity index (χ1) is 16.3. The Balaban J connectivity index is 1.31. The summed E-state index contributed by atoms with van der Waals surface area (Å²) in [6, 6.07) is 11.1. The van der Waals surface area contributed by atoms with Crippen molar-refractivity contribution in [1.82, 2.24) is 15.2 Å². The van der Waals surface area contributed by atoms with Crippen LogP contribution in [0.25, 0.3) is 0 Å². The van der Waals surface area contributed by atoms with E-state index >= 15 is 0 Å². The van der Waals surface area contributed by atoms with Crippen LogP contribution in [0.3, 0.4) is 0 Å². The van der Waals surface area contributed by atoms with E-state index in [1.54, 1.807) is 5.38 Å². The van der Waals surface area contributed by atoms with Gasteiger partial charge in [-0.25, -0.2) is 4.98 Å². The van der Waals surface area contributed by atoms with Crippen molar-refractivity contribution in [2.45, 2.75) is 44.1 Å². The van der Waals surface area contributed by atoms with Crippen molar-refractivity contribution in [3.05, 3.63) is 67.8 Å². The minimum Gasteiger partial charge on any atom is -0.380 e. The molecule has 3 heterocycles. The molecule has 1 aliphatic rings. The predicted octanol–water partition coefficient (Wildman–Crippen LogP) is 2.73. The number of thiophene rings is 1. The van der Waals surface area contributed by atoms with Gasteiger partial charge in [-0.3, -0.25) is 9.59 Å². The van der Waals surface area contributed by atoms with Crippen LogP contribution in [0.2, 0.25) is 5.02 Å². The van der Waals surface area contributed by atoms with E-state index in [0.717, 1.165) is 21.7 Å². The number of carbonyl (C=O) groups excluding carboxylic acids is 2. The number of halogens is 1. The first-order valence-corrected chi connectivity index (χ1v) is 12.9. The number of benzene rings is 1. The molecule has 1 aromatic carbocycles. The minimum atomic E-state index is -1.88. The Morgan fingerprint density at radius 1 is 1.21 bits per heavy atom. The number of hydrogen-bond donors (Lipinski definition) is 4. The molecule has 0 saturated carbocycles. The van der Waals surface area contributed by atoms with E-state index in [1.807, 2.05) is 36.4 Å². The van der Waals surface area contributed by atoms with Gasteiger partial charge in [-0.2, -0.15) is 0 Å². The van der Waals surface area contributed by atoms with Crippen LogP contribution in [0.1, 0.15) is 39.9 Å². The molecule has 4 rings (SSSR count). The molecule has 3 atom stereocenters. The van der Waals surface area contributed by atoms with Gasteiger partial charge in [0.1, 0.15) is 0 Å². The van der Waals surface area contributed by atoms with Gasteiger partial charge in [0, 0.05) is 33.1 Å². The molecular formula is C23H25ClN4O4S2. The van der Waals surface area contributed by atoms with Crippen LogP contribution in [0.15, 0.2) is 41.8 Å². The molecule has 0 radical (unpaired) electrons. The first kappa shape index (κ1) is 24.6. The Labute approximate surface area is 210 Å². The Kier molecular flexibility index (Phi) is 7.84. The number of rotatable bonds is 8. The fourth-order valence-corrected chi connectivity index (χ4v) is 5.75. The van der Waals surface area contributed by atoms with Crippen LogP contribution in [0.4, 0.5) is 5.13 Å². The van der Waals surface area contributed by atoms with E-state index in [4.69, 9.17) is 17.3 Å². The van der Waals surface area contributed by atoms with Gasteiger partial charge in [0.25, 0.3) is 11.8 Å². The Hall–Kier alpha value is -2.50. The zero-order chi connectivity index (χ0) is 24.2. The quantitative estimate of drug-likeness (QED) is 0.361. The third-order valence-electron chi connectivity index (χ3n) is 5.71. The SMILES string of the molecule is Nc1nc([C@H]2CCCN2C(=O)C(O)[C@@H](O)C(=O)NCc2ccc(Cc3ccccc3Cl)s2)cs1. The van der Waals surface area contributed by atoms with E-state index in [2.05, 4.69) is 10.3 Å². The van der Waals surface area contributed by atoms with Gasteiger partial charge >= 0.3 is 0 Å². The predicted molar refractivity (Wildman–Crippen MR) is 133 cm³/mol. The topological polar surface area (TPSA) is 129 Å². The summed E-state index contributed by atoms with van der Waals surface area (Å²) in [5.41, 5.74) is 7.37. The summed E-state index contributed by atoms with van der Waals surface area (Å²) in [6.45, 7) is 0.587. The molecule has 11 heteroatoms. The summed E-state index contributed by atoms with van der Waals surface area (Å²) in [4.78, 5) is 32.9. The van der Waals surface area contributed by atoms with E-state index in [1.165, 1.54) is 27.6 Å². The maximum absolute atomic E-state index is 12.8. The smallest absolute Gasteiger partial charge is 0.255 e. The number of nitrogen functional groups attached to an aromatic ring is 1. The molecule has 0 spiro atoms. The van der Waals surface area contributed by atoms with Crippen LogP contribution in [0, 0.1) is 0 Å². The number of carbonyl (C=O) groups is 2. The van der Waals surface area contributed by atoms with Gasteiger partial charge in [0.15, 0.2) is 17.3 Å². The lowest BCUT2D eigenvalue weighted by atomic mass is 10.1. The fraction of sp³-hybridized carbons (Fsp3) is 0.348. The molecule has 0 aliphatic carbocycles. The fourth-order valence-electron chi connectivity index (χ4n) is 3.96. The maximum atomic E-state index is 12.8. The number of nitrogens with one attached hydrogen (secondary N) is 1. The zero-order valence-electron chi connectivity index (χ0n) is 18.2. The highest BCUT2D eigenvalue weighted by Gasteiger charge is 2.39. The van der Waals surface area contributed by atoms with Crippen LogP contribution in [-0.2, 0) is 22.6 Å². The van der Waals surface area contributed by atoms with E-state index in [0.29, 0.717) is 35.2 Å². The summed E-state index contributed by atoms with van der Waals surface area (Å²) in [5.74, 6) is -1.51. The lowest BCUT2D eigenvalue weighted by Gasteiger charge is -2.27. The number of amides is 2. The van der Waals surface area contributed by atoms with Crippen molar-refractivity contribution >= 4 is 51.2 Å². The van der Waals surface area contributed by atoms with Gasteiger partial charge in [-0.1, -0.05) is 29.8 Å². The Morgan fingerprint density at radius 2 is 1.97 bits per heavy atom. The van der Waals surface area contributed by atoms with Crippen molar-refractivity contribution < 1.29 is 19.8 Å². The third kappa shape index (κ3) is 5.59. The number of nitrogens with two attached hydrogens (primary N) is 1. The normalized spacial score (nSPS) is 17.5. The van der Waals surface area contributed by atoms with Crippen molar-refractivity contribution in [3.63, 3.8) is 0 Å². The van der Waals surface area contributed by atoms with Gasteiger partial charge in [0.2, 0.25) is 0 Å². The molecule has 1 aliphatic heterocycles. The average molecular weight is 521 g/mol. The molecule has 2 aromatic heterocycles. The zero-order valence-corrected chi connectivity index (χ0v) is 20.6. The maximum Gasteiger partial charge on any atom is 0.255 e. The highest BCUT2D eigenvalue weighted by atomic mass is 35.5. The second kappa shape index (κ2) is 10.8. The van der Waals surface area contributed by atoms with Gasteiger partial charge < -0.3 is 26.2 Å². The summed E-state index contributed by atoms with van der Waals surface area (Å²) in [7, 11) is 0. The summed E-state index contributed by atoms with van der Waals surface area (Å²) >= 11 is 9.02. The number of aliphatic hydroxyl groups is 2. The second-order valence-corrected chi connectivity index (χ2v) is 10.6. The van der Waals surface area contributed by atoms with Crippen LogP contribution >= 0.6 is 34.3 Å². The molecule has 1 unspecified atom stereocenters. The number of nitrogens with zero attached hydrogens (tertiary/aromatic N) is 2. The molecular weight excluding hydrogens is 496 g/mol. The van der Waals surface area contributed by atoms with E-state index in [-0.39, 0.29) is 12.6 Å². The Morgan fingerprint density at radius 3 is 2.71 bits per heavy atom. The number of thiazole rings is 1. The number of aliphatic hydroxyl groups excluding tert-OH is 2. The summed E-state index contributed by atoms with van der Waals surface area (Å²) in [6.07, 6.45) is -1.65. The van der Waals surface area contributed by atoms with Crippen LogP contribution in [-0.4, -0.2) is 50.7 Å². The largest absolute Gasteiger partial charge is 0.380 e.